The molecule has 0 radical (unpaired) electrons. The van der Waals surface area contributed by atoms with E-state index in [2.05, 4.69) is 0 Å². The molecule has 0 aliphatic carbocycles. The van der Waals surface area contributed by atoms with E-state index in [9.17, 15) is 4.79 Å². The fraction of sp³-hybridized carbons (Fsp3) is 0.500. The van der Waals surface area contributed by atoms with E-state index < -0.39 is 0 Å². The van der Waals surface area contributed by atoms with Crippen molar-refractivity contribution in [1.29, 1.82) is 0 Å². The number of hydrogen-bond donors (Lipinski definition) is 0. The Bertz CT molecular complexity index is 492. The molecule has 0 unspecified atom stereocenters. The number of hydrogen-bond acceptors (Lipinski definition) is 3. The molecule has 0 aliphatic rings. The smallest absolute Gasteiger partial charge is 0.387 e. The normalized spacial score (nSPS) is 11.6. The van der Waals surface area contributed by atoms with Gasteiger partial charge in [0.2, 0.25) is 0 Å². The number of rotatable bonds is 6. The lowest BCUT2D eigenvalue weighted by Gasteiger charge is -2.08. The molecule has 0 atom stereocenters. The van der Waals surface area contributed by atoms with Gasteiger partial charge < -0.3 is 9.47 Å². The lowest BCUT2D eigenvalue weighted by Crippen LogP contribution is -2.28. The SMILES string of the molecule is CCCC(=O)[N+](=Cc1cc(OC)ccc1OC)C(C)C. The van der Waals surface area contributed by atoms with Crippen LogP contribution in [0, 0.1) is 0 Å². The second-order valence-electron chi connectivity index (χ2n) is 4.88. The van der Waals surface area contributed by atoms with E-state index in [0.717, 1.165) is 23.5 Å². The molecule has 0 aromatic heterocycles. The van der Waals surface area contributed by atoms with Gasteiger partial charge in [-0.2, -0.15) is 4.58 Å². The highest BCUT2D eigenvalue weighted by molar-refractivity contribution is 5.85. The molecule has 0 saturated heterocycles. The largest absolute Gasteiger partial charge is 0.497 e. The topological polar surface area (TPSA) is 38.5 Å². The Hall–Kier alpha value is -1.84. The van der Waals surface area contributed by atoms with E-state index in [1.54, 1.807) is 18.8 Å². The van der Waals surface area contributed by atoms with Crippen molar-refractivity contribution < 1.29 is 18.8 Å². The summed E-state index contributed by atoms with van der Waals surface area (Å²) >= 11 is 0. The number of methoxy groups -OCH3 is 2. The van der Waals surface area contributed by atoms with Crippen LogP contribution in [0.5, 0.6) is 11.5 Å². The van der Waals surface area contributed by atoms with Crippen LogP contribution in [-0.4, -0.2) is 37.0 Å². The Balaban J connectivity index is 3.25. The van der Waals surface area contributed by atoms with Crippen molar-refractivity contribution in [1.82, 2.24) is 0 Å². The molecule has 0 aliphatic heterocycles. The highest BCUT2D eigenvalue weighted by atomic mass is 16.5. The monoisotopic (exact) mass is 278 g/mol. The fourth-order valence-corrected chi connectivity index (χ4v) is 1.94. The zero-order valence-corrected chi connectivity index (χ0v) is 13.0. The van der Waals surface area contributed by atoms with Gasteiger partial charge in [-0.25, -0.2) is 4.79 Å². The van der Waals surface area contributed by atoms with Crippen molar-refractivity contribution in [2.45, 2.75) is 39.7 Å². The third-order valence-electron chi connectivity index (χ3n) is 3.02. The van der Waals surface area contributed by atoms with Gasteiger partial charge in [-0.15, -0.1) is 0 Å². The minimum absolute atomic E-state index is 0.102. The van der Waals surface area contributed by atoms with Gasteiger partial charge in [-0.05, 0) is 38.5 Å². The first kappa shape index (κ1) is 16.2. The number of carbonyl (C=O) groups is 1. The molecule has 1 aromatic rings. The highest BCUT2D eigenvalue weighted by Gasteiger charge is 2.21. The van der Waals surface area contributed by atoms with Gasteiger partial charge in [0.1, 0.15) is 11.5 Å². The quantitative estimate of drug-likeness (QED) is 0.593. The first-order valence-electron chi connectivity index (χ1n) is 6.91. The molecule has 1 amide bonds. The van der Waals surface area contributed by atoms with Crippen molar-refractivity contribution in [3.05, 3.63) is 23.8 Å². The van der Waals surface area contributed by atoms with Gasteiger partial charge in [0.05, 0.1) is 26.2 Å². The van der Waals surface area contributed by atoms with Crippen LogP contribution in [0.15, 0.2) is 18.2 Å². The van der Waals surface area contributed by atoms with E-state index >= 15 is 0 Å². The van der Waals surface area contributed by atoms with Crippen LogP contribution in [-0.2, 0) is 4.79 Å². The highest BCUT2D eigenvalue weighted by Crippen LogP contribution is 2.22. The van der Waals surface area contributed by atoms with Gasteiger partial charge >= 0.3 is 5.91 Å². The third kappa shape index (κ3) is 4.08. The van der Waals surface area contributed by atoms with Crippen LogP contribution in [0.4, 0.5) is 0 Å². The summed E-state index contributed by atoms with van der Waals surface area (Å²) in [6, 6.07) is 5.65. The molecule has 4 nitrogen and oxygen atoms in total. The molecule has 0 N–H and O–H groups in total. The molecule has 20 heavy (non-hydrogen) atoms. The molecule has 4 heteroatoms. The second kappa shape index (κ2) is 7.68. The number of ether oxygens (including phenoxy) is 2. The molecule has 0 heterocycles. The zero-order chi connectivity index (χ0) is 15.1. The Kier molecular flexibility index (Phi) is 6.22. The third-order valence-corrected chi connectivity index (χ3v) is 3.02. The Morgan fingerprint density at radius 1 is 1.30 bits per heavy atom. The predicted molar refractivity (Wildman–Crippen MR) is 80.0 cm³/mol. The van der Waals surface area contributed by atoms with Crippen LogP contribution in [0.25, 0.3) is 0 Å². The van der Waals surface area contributed by atoms with Crippen molar-refractivity contribution in [2.75, 3.05) is 14.2 Å². The maximum atomic E-state index is 12.2. The number of nitrogens with zero attached hydrogens (tertiary/aromatic N) is 1. The van der Waals surface area contributed by atoms with Gasteiger partial charge in [-0.3, -0.25) is 0 Å². The lowest BCUT2D eigenvalue weighted by atomic mass is 10.2. The van der Waals surface area contributed by atoms with Crippen molar-refractivity contribution in [3.63, 3.8) is 0 Å². The van der Waals surface area contributed by atoms with E-state index in [1.165, 1.54) is 0 Å². The second-order valence-corrected chi connectivity index (χ2v) is 4.88. The lowest BCUT2D eigenvalue weighted by molar-refractivity contribution is -0.476. The Labute approximate surface area is 121 Å². The Morgan fingerprint density at radius 2 is 2.00 bits per heavy atom. The van der Waals surface area contributed by atoms with Gasteiger partial charge in [-0.1, -0.05) is 6.92 Å². The first-order valence-corrected chi connectivity index (χ1v) is 6.91. The van der Waals surface area contributed by atoms with Crippen LogP contribution in [0.3, 0.4) is 0 Å². The maximum absolute atomic E-state index is 12.2. The molecule has 1 rings (SSSR count). The van der Waals surface area contributed by atoms with Crippen molar-refractivity contribution >= 4 is 12.1 Å². The van der Waals surface area contributed by atoms with Crippen LogP contribution < -0.4 is 9.47 Å². The average molecular weight is 278 g/mol. The molecule has 0 saturated carbocycles. The van der Waals surface area contributed by atoms with Gasteiger partial charge in [0.15, 0.2) is 12.3 Å². The van der Waals surface area contributed by atoms with E-state index in [1.807, 2.05) is 45.2 Å². The van der Waals surface area contributed by atoms with Crippen LogP contribution >= 0.6 is 0 Å². The summed E-state index contributed by atoms with van der Waals surface area (Å²) in [5.74, 6) is 1.58. The number of benzene rings is 1. The zero-order valence-electron chi connectivity index (χ0n) is 13.0. The standard InChI is InChI=1S/C16H24NO3/c1-6-7-16(18)17(12(2)3)11-13-10-14(19-4)8-9-15(13)20-5/h8-12H,6-7H2,1-5H3/q+1. The minimum atomic E-state index is 0.102. The van der Waals surface area contributed by atoms with E-state index in [0.29, 0.717) is 6.42 Å². The Morgan fingerprint density at radius 3 is 2.50 bits per heavy atom. The summed E-state index contributed by atoms with van der Waals surface area (Å²) in [7, 11) is 3.24. The molecular formula is C16H24NO3+. The summed E-state index contributed by atoms with van der Waals surface area (Å²) in [4.78, 5) is 12.2. The molecule has 0 spiro atoms. The fourth-order valence-electron chi connectivity index (χ4n) is 1.94. The van der Waals surface area contributed by atoms with E-state index in [-0.39, 0.29) is 11.9 Å². The predicted octanol–water partition coefficient (Wildman–Crippen LogP) is 2.87. The van der Waals surface area contributed by atoms with Crippen LogP contribution in [0.2, 0.25) is 0 Å². The summed E-state index contributed by atoms with van der Waals surface area (Å²) in [5, 5.41) is 0. The molecule has 110 valence electrons. The van der Waals surface area contributed by atoms with Crippen molar-refractivity contribution in [3.8, 4) is 11.5 Å². The summed E-state index contributed by atoms with van der Waals surface area (Å²) in [6.45, 7) is 6.00. The molecule has 1 aromatic carbocycles. The summed E-state index contributed by atoms with van der Waals surface area (Å²) < 4.78 is 12.3. The maximum Gasteiger partial charge on any atom is 0.387 e. The van der Waals surface area contributed by atoms with E-state index in [4.69, 9.17) is 9.47 Å². The summed E-state index contributed by atoms with van der Waals surface area (Å²) in [6.07, 6.45) is 3.22. The van der Waals surface area contributed by atoms with Crippen LogP contribution in [0.1, 0.15) is 39.2 Å². The number of amides is 1. The van der Waals surface area contributed by atoms with Crippen molar-refractivity contribution in [2.24, 2.45) is 0 Å². The molecular weight excluding hydrogens is 254 g/mol. The molecule has 0 bridgehead atoms. The minimum Gasteiger partial charge on any atom is -0.497 e. The average Bonchev–Trinajstić information content (AvgIpc) is 2.44. The number of carbonyl (C=O) groups excluding carboxylic acids is 1. The van der Waals surface area contributed by atoms with Gasteiger partial charge in [0.25, 0.3) is 0 Å². The molecule has 0 fully saturated rings. The van der Waals surface area contributed by atoms with Gasteiger partial charge in [0, 0.05) is 0 Å². The first-order chi connectivity index (χ1) is 9.53. The summed E-state index contributed by atoms with van der Waals surface area (Å²) in [5.41, 5.74) is 0.838.